The first-order chi connectivity index (χ1) is 11.3. The number of ether oxygens (including phenoxy) is 1. The van der Waals surface area contributed by atoms with Crippen molar-refractivity contribution in [1.82, 2.24) is 0 Å². The minimum atomic E-state index is -0.384. The molecule has 1 fully saturated rings. The lowest BCUT2D eigenvalue weighted by Gasteiger charge is -2.57. The van der Waals surface area contributed by atoms with Gasteiger partial charge >= 0.3 is 5.97 Å². The van der Waals surface area contributed by atoms with Gasteiger partial charge in [0.2, 0.25) is 0 Å². The average molecular weight is 328 g/mol. The first kappa shape index (κ1) is 17.5. The van der Waals surface area contributed by atoms with Crippen LogP contribution in [0.3, 0.4) is 0 Å². The zero-order valence-electron chi connectivity index (χ0n) is 15.7. The van der Waals surface area contributed by atoms with Crippen LogP contribution in [-0.2, 0) is 9.53 Å². The number of carbonyl (C=O) groups is 1. The molecule has 4 atom stereocenters. The van der Waals surface area contributed by atoms with Gasteiger partial charge in [0.05, 0.1) is 11.7 Å². The predicted molar refractivity (Wildman–Crippen MR) is 98.2 cm³/mol. The number of fused-ring (bicyclic) bond motifs is 3. The summed E-state index contributed by atoms with van der Waals surface area (Å²) in [6.07, 6.45) is 12.9. The van der Waals surface area contributed by atoms with Crippen molar-refractivity contribution < 1.29 is 9.53 Å². The highest BCUT2D eigenvalue weighted by atomic mass is 16.5. The molecule has 0 radical (unpaired) electrons. The van der Waals surface area contributed by atoms with Crippen LogP contribution in [0.2, 0.25) is 0 Å². The molecule has 0 aliphatic heterocycles. The largest absolute Gasteiger partial charge is 0.435 e. The van der Waals surface area contributed by atoms with Crippen molar-refractivity contribution in [3.8, 4) is 0 Å². The molecule has 2 heteroatoms. The van der Waals surface area contributed by atoms with Gasteiger partial charge in [0.25, 0.3) is 0 Å². The van der Waals surface area contributed by atoms with E-state index in [0.29, 0.717) is 17.8 Å². The molecule has 0 unspecified atom stereocenters. The summed E-state index contributed by atoms with van der Waals surface area (Å²) in [7, 11) is 0. The van der Waals surface area contributed by atoms with Crippen LogP contribution in [0.5, 0.6) is 0 Å². The van der Waals surface area contributed by atoms with Crippen LogP contribution in [0, 0.1) is 28.6 Å². The Morgan fingerprint density at radius 3 is 2.79 bits per heavy atom. The molecule has 0 aromatic carbocycles. The molecule has 0 saturated heterocycles. The summed E-state index contributed by atoms with van der Waals surface area (Å²) in [6, 6.07) is 0. The highest BCUT2D eigenvalue weighted by molar-refractivity contribution is 5.77. The van der Waals surface area contributed by atoms with Gasteiger partial charge in [-0.3, -0.25) is 4.79 Å². The Bertz CT molecular complexity index is 597. The second kappa shape index (κ2) is 6.20. The number of hydrogen-bond acceptors (Lipinski definition) is 2. The fourth-order valence-corrected chi connectivity index (χ4v) is 5.80. The Morgan fingerprint density at radius 1 is 1.38 bits per heavy atom. The van der Waals surface area contributed by atoms with Crippen molar-refractivity contribution in [2.24, 2.45) is 28.6 Å². The number of allylic oxidation sites excluding steroid dienone is 4. The summed E-state index contributed by atoms with van der Waals surface area (Å²) in [4.78, 5) is 12.7. The average Bonchev–Trinajstić information content (AvgIpc) is 2.54. The van der Waals surface area contributed by atoms with E-state index in [9.17, 15) is 4.79 Å². The van der Waals surface area contributed by atoms with Crippen LogP contribution >= 0.6 is 0 Å². The van der Waals surface area contributed by atoms with Gasteiger partial charge in [0.1, 0.15) is 0 Å². The van der Waals surface area contributed by atoms with Crippen molar-refractivity contribution in [3.05, 3.63) is 36.1 Å². The SMILES string of the molecule is C=COC(=O)[C@]1(C)CCC[C@@]2(C)[C@H]1CC=C1C=C(C(C)C)CC[C@@H]12. The number of esters is 1. The van der Waals surface area contributed by atoms with Gasteiger partial charge in [-0.1, -0.05) is 51.5 Å². The summed E-state index contributed by atoms with van der Waals surface area (Å²) >= 11 is 0. The highest BCUT2D eigenvalue weighted by Gasteiger charge is 2.57. The molecule has 1 saturated carbocycles. The van der Waals surface area contributed by atoms with Crippen LogP contribution in [0.1, 0.15) is 66.2 Å². The summed E-state index contributed by atoms with van der Waals surface area (Å²) in [5.41, 5.74) is 2.94. The van der Waals surface area contributed by atoms with Crippen molar-refractivity contribution in [2.75, 3.05) is 0 Å². The van der Waals surface area contributed by atoms with Gasteiger partial charge < -0.3 is 4.74 Å². The second-order valence-corrected chi connectivity index (χ2v) is 8.81. The standard InChI is InChI=1S/C22H32O2/c1-6-24-20(23)22(5)13-7-12-21(4)18-10-8-16(15(2)3)14-17(18)9-11-19(21)22/h6,9,14-15,18-19H,1,7-8,10-13H2,2-5H3/t18-,19+,21+,22+/m0/s1. The molecule has 0 heterocycles. The third-order valence-electron chi connectivity index (χ3n) is 7.24. The van der Waals surface area contributed by atoms with Crippen LogP contribution in [-0.4, -0.2) is 5.97 Å². The zero-order valence-corrected chi connectivity index (χ0v) is 15.7. The van der Waals surface area contributed by atoms with Crippen LogP contribution in [0.4, 0.5) is 0 Å². The van der Waals surface area contributed by atoms with Crippen molar-refractivity contribution in [1.29, 1.82) is 0 Å². The first-order valence-electron chi connectivity index (χ1n) is 9.55. The molecule has 0 N–H and O–H groups in total. The van der Waals surface area contributed by atoms with E-state index in [0.717, 1.165) is 19.3 Å². The van der Waals surface area contributed by atoms with E-state index in [-0.39, 0.29) is 16.8 Å². The lowest BCUT2D eigenvalue weighted by Crippen LogP contribution is -2.53. The Kier molecular flexibility index (Phi) is 4.53. The monoisotopic (exact) mass is 328 g/mol. The number of hydrogen-bond donors (Lipinski definition) is 0. The van der Waals surface area contributed by atoms with Gasteiger partial charge in [-0.2, -0.15) is 0 Å². The second-order valence-electron chi connectivity index (χ2n) is 8.81. The van der Waals surface area contributed by atoms with E-state index in [1.54, 1.807) is 5.57 Å². The molecule has 0 bridgehead atoms. The highest BCUT2D eigenvalue weighted by Crippen LogP contribution is 2.62. The predicted octanol–water partition coefficient (Wildman–Crippen LogP) is 5.81. The van der Waals surface area contributed by atoms with Gasteiger partial charge in [-0.05, 0) is 67.8 Å². The smallest absolute Gasteiger partial charge is 0.316 e. The van der Waals surface area contributed by atoms with Gasteiger partial charge in [0, 0.05) is 0 Å². The van der Waals surface area contributed by atoms with Crippen LogP contribution in [0.25, 0.3) is 0 Å². The topological polar surface area (TPSA) is 26.3 Å². The maximum atomic E-state index is 12.7. The Balaban J connectivity index is 1.97. The molecular weight excluding hydrogens is 296 g/mol. The van der Waals surface area contributed by atoms with Gasteiger partial charge in [0.15, 0.2) is 0 Å². The Hall–Kier alpha value is -1.31. The van der Waals surface area contributed by atoms with Crippen molar-refractivity contribution in [3.63, 3.8) is 0 Å². The first-order valence-corrected chi connectivity index (χ1v) is 9.55. The van der Waals surface area contributed by atoms with E-state index in [1.807, 2.05) is 0 Å². The molecule has 0 aromatic heterocycles. The number of carbonyl (C=O) groups excluding carboxylic acids is 1. The molecule has 3 aliphatic carbocycles. The molecule has 0 amide bonds. The maximum absolute atomic E-state index is 12.7. The third kappa shape index (κ3) is 2.59. The minimum Gasteiger partial charge on any atom is -0.435 e. The van der Waals surface area contributed by atoms with Crippen LogP contribution < -0.4 is 0 Å². The van der Waals surface area contributed by atoms with Gasteiger partial charge in [-0.25, -0.2) is 0 Å². The molecule has 3 aliphatic rings. The molecule has 0 aromatic rings. The summed E-state index contributed by atoms with van der Waals surface area (Å²) in [5, 5.41) is 0. The lowest BCUT2D eigenvalue weighted by molar-refractivity contribution is -0.163. The van der Waals surface area contributed by atoms with E-state index >= 15 is 0 Å². The molecular formula is C22H32O2. The number of rotatable bonds is 3. The summed E-state index contributed by atoms with van der Waals surface area (Å²) in [5.74, 6) is 1.51. The fraction of sp³-hybridized carbons (Fsp3) is 0.682. The summed E-state index contributed by atoms with van der Waals surface area (Å²) in [6.45, 7) is 12.7. The maximum Gasteiger partial charge on any atom is 0.316 e. The van der Waals surface area contributed by atoms with E-state index in [4.69, 9.17) is 4.74 Å². The lowest BCUT2D eigenvalue weighted by atomic mass is 9.47. The molecule has 132 valence electrons. The minimum absolute atomic E-state index is 0.0838. The van der Waals surface area contributed by atoms with E-state index in [2.05, 4.69) is 46.4 Å². The quantitative estimate of drug-likeness (QED) is 0.483. The zero-order chi connectivity index (χ0) is 17.5. The van der Waals surface area contributed by atoms with Crippen molar-refractivity contribution >= 4 is 5.97 Å². The van der Waals surface area contributed by atoms with E-state index < -0.39 is 0 Å². The molecule has 2 nitrogen and oxygen atoms in total. The molecule has 24 heavy (non-hydrogen) atoms. The van der Waals surface area contributed by atoms with E-state index in [1.165, 1.54) is 31.1 Å². The molecule has 3 rings (SSSR count). The third-order valence-corrected chi connectivity index (χ3v) is 7.24. The normalized spacial score (nSPS) is 38.5. The van der Waals surface area contributed by atoms with Crippen molar-refractivity contribution in [2.45, 2.75) is 66.2 Å². The molecule has 0 spiro atoms. The van der Waals surface area contributed by atoms with Gasteiger partial charge in [-0.15, -0.1) is 0 Å². The Labute approximate surface area is 147 Å². The summed E-state index contributed by atoms with van der Waals surface area (Å²) < 4.78 is 5.26. The Morgan fingerprint density at radius 2 is 2.12 bits per heavy atom. The van der Waals surface area contributed by atoms with Crippen LogP contribution in [0.15, 0.2) is 36.1 Å². The fourth-order valence-electron chi connectivity index (χ4n) is 5.80.